The summed E-state index contributed by atoms with van der Waals surface area (Å²) in [6, 6.07) is 10.1. The van der Waals surface area contributed by atoms with Gasteiger partial charge in [-0.05, 0) is 37.0 Å². The summed E-state index contributed by atoms with van der Waals surface area (Å²) in [5.41, 5.74) is 4.89. The van der Waals surface area contributed by atoms with Gasteiger partial charge in [-0.1, -0.05) is 24.3 Å². The van der Waals surface area contributed by atoms with E-state index in [-0.39, 0.29) is 11.9 Å². The van der Waals surface area contributed by atoms with Gasteiger partial charge in [-0.15, -0.1) is 0 Å². The second-order valence-corrected chi connectivity index (χ2v) is 6.84. The molecular formula is C22H22N4O2. The number of fused-ring (bicyclic) bond motifs is 1. The fraction of sp³-hybridized carbons (Fsp3) is 0.227. The summed E-state index contributed by atoms with van der Waals surface area (Å²) in [5, 5.41) is 3.08. The molecule has 2 aromatic heterocycles. The summed E-state index contributed by atoms with van der Waals surface area (Å²) < 4.78 is 7.34. The summed E-state index contributed by atoms with van der Waals surface area (Å²) in [5.74, 6) is 0.536. The van der Waals surface area contributed by atoms with Crippen molar-refractivity contribution in [1.82, 2.24) is 19.9 Å². The fourth-order valence-corrected chi connectivity index (χ4v) is 3.53. The van der Waals surface area contributed by atoms with Crippen molar-refractivity contribution >= 4 is 12.0 Å². The molecule has 1 aliphatic rings. The van der Waals surface area contributed by atoms with Crippen molar-refractivity contribution in [3.63, 3.8) is 0 Å². The maximum absolute atomic E-state index is 12.4. The maximum Gasteiger partial charge on any atom is 0.244 e. The number of ether oxygens (including phenoxy) is 1. The Hall–Kier alpha value is -3.41. The van der Waals surface area contributed by atoms with Crippen LogP contribution < -0.4 is 10.1 Å². The van der Waals surface area contributed by atoms with Crippen LogP contribution in [0, 0.1) is 6.92 Å². The molecule has 0 saturated heterocycles. The van der Waals surface area contributed by atoms with E-state index < -0.39 is 0 Å². The van der Waals surface area contributed by atoms with E-state index in [1.807, 2.05) is 29.8 Å². The molecule has 1 unspecified atom stereocenters. The molecule has 4 rings (SSSR count). The first-order chi connectivity index (χ1) is 13.6. The smallest absolute Gasteiger partial charge is 0.244 e. The average Bonchev–Trinajstić information content (AvgIpc) is 3.33. The van der Waals surface area contributed by atoms with Crippen LogP contribution in [0.15, 0.2) is 55.1 Å². The highest BCUT2D eigenvalue weighted by atomic mass is 16.5. The predicted octanol–water partition coefficient (Wildman–Crippen LogP) is 3.40. The van der Waals surface area contributed by atoms with E-state index in [2.05, 4.69) is 27.4 Å². The third-order valence-electron chi connectivity index (χ3n) is 4.93. The first-order valence-corrected chi connectivity index (χ1v) is 9.25. The second-order valence-electron chi connectivity index (χ2n) is 6.84. The van der Waals surface area contributed by atoms with Crippen LogP contribution in [0.2, 0.25) is 0 Å². The summed E-state index contributed by atoms with van der Waals surface area (Å²) >= 11 is 0. The zero-order valence-electron chi connectivity index (χ0n) is 15.9. The van der Waals surface area contributed by atoms with Crippen LogP contribution in [0.25, 0.3) is 11.8 Å². The van der Waals surface area contributed by atoms with Crippen molar-refractivity contribution < 1.29 is 9.53 Å². The third kappa shape index (κ3) is 3.67. The molecule has 1 aromatic carbocycles. The quantitative estimate of drug-likeness (QED) is 0.695. The van der Waals surface area contributed by atoms with Gasteiger partial charge in [0, 0.05) is 18.3 Å². The van der Waals surface area contributed by atoms with Gasteiger partial charge in [-0.2, -0.15) is 0 Å². The first-order valence-electron chi connectivity index (χ1n) is 9.25. The molecule has 6 heteroatoms. The van der Waals surface area contributed by atoms with Gasteiger partial charge in [0.25, 0.3) is 0 Å². The van der Waals surface area contributed by atoms with Crippen LogP contribution in [-0.4, -0.2) is 27.6 Å². The van der Waals surface area contributed by atoms with Crippen LogP contribution in [0.4, 0.5) is 0 Å². The molecule has 1 amide bonds. The van der Waals surface area contributed by atoms with Crippen LogP contribution in [0.1, 0.15) is 35.0 Å². The highest BCUT2D eigenvalue weighted by molar-refractivity contribution is 5.91. The minimum Gasteiger partial charge on any atom is -0.494 e. The first kappa shape index (κ1) is 18.0. The Bertz CT molecular complexity index is 1040. The molecule has 142 valence electrons. The summed E-state index contributed by atoms with van der Waals surface area (Å²) in [4.78, 5) is 21.0. The van der Waals surface area contributed by atoms with Gasteiger partial charge >= 0.3 is 0 Å². The summed E-state index contributed by atoms with van der Waals surface area (Å²) in [6.45, 7) is 1.93. The van der Waals surface area contributed by atoms with Crippen LogP contribution in [0.5, 0.6) is 5.75 Å². The van der Waals surface area contributed by atoms with Crippen molar-refractivity contribution in [3.05, 3.63) is 77.6 Å². The van der Waals surface area contributed by atoms with Crippen molar-refractivity contribution in [2.45, 2.75) is 25.8 Å². The lowest BCUT2D eigenvalue weighted by molar-refractivity contribution is -0.117. The number of methoxy groups -OCH3 is 1. The van der Waals surface area contributed by atoms with Crippen LogP contribution in [-0.2, 0) is 11.2 Å². The molecule has 0 aliphatic heterocycles. The normalized spacial score (nSPS) is 15.6. The standard InChI is InChI=1S/C22H22N4O2/c1-15-13-26(14-24-15)20-12-23-17(11-21(20)28-2)8-10-22(27)25-19-9-7-16-5-3-4-6-18(16)19/h3-6,8,10-14,19H,7,9H2,1-2H3,(H,25,27). The van der Waals surface area contributed by atoms with E-state index in [4.69, 9.17) is 4.74 Å². The van der Waals surface area contributed by atoms with Crippen LogP contribution >= 0.6 is 0 Å². The van der Waals surface area contributed by atoms with Crippen LogP contribution in [0.3, 0.4) is 0 Å². The van der Waals surface area contributed by atoms with E-state index in [0.29, 0.717) is 11.4 Å². The van der Waals surface area contributed by atoms with E-state index in [1.54, 1.807) is 31.8 Å². The Morgan fingerprint density at radius 3 is 2.96 bits per heavy atom. The lowest BCUT2D eigenvalue weighted by Crippen LogP contribution is -2.25. The molecule has 1 atom stereocenters. The van der Waals surface area contributed by atoms with E-state index in [9.17, 15) is 4.79 Å². The molecule has 3 aromatic rings. The lowest BCUT2D eigenvalue weighted by Gasteiger charge is -2.12. The molecule has 0 spiro atoms. The number of carbonyl (C=O) groups excluding carboxylic acids is 1. The molecule has 28 heavy (non-hydrogen) atoms. The predicted molar refractivity (Wildman–Crippen MR) is 107 cm³/mol. The van der Waals surface area contributed by atoms with E-state index >= 15 is 0 Å². The number of imidazole rings is 1. The zero-order chi connectivity index (χ0) is 19.5. The SMILES string of the molecule is COc1cc(C=CC(=O)NC2CCc3ccccc32)ncc1-n1cnc(C)c1. The van der Waals surface area contributed by atoms with Crippen molar-refractivity contribution in [1.29, 1.82) is 0 Å². The molecule has 1 N–H and O–H groups in total. The number of pyridine rings is 1. The number of rotatable bonds is 5. The van der Waals surface area contributed by atoms with Crippen molar-refractivity contribution in [3.8, 4) is 11.4 Å². The monoisotopic (exact) mass is 374 g/mol. The maximum atomic E-state index is 12.4. The number of carbonyl (C=O) groups is 1. The number of nitrogens with zero attached hydrogens (tertiary/aromatic N) is 3. The molecule has 6 nitrogen and oxygen atoms in total. The molecule has 0 saturated carbocycles. The molecule has 0 bridgehead atoms. The Kier molecular flexibility index (Phi) is 4.93. The highest BCUT2D eigenvalue weighted by Crippen LogP contribution is 2.30. The number of nitrogens with one attached hydrogen (secondary N) is 1. The molecule has 2 heterocycles. The van der Waals surface area contributed by atoms with Gasteiger partial charge < -0.3 is 14.6 Å². The molecular weight excluding hydrogens is 352 g/mol. The average molecular weight is 374 g/mol. The Morgan fingerprint density at radius 1 is 1.32 bits per heavy atom. The molecule has 1 aliphatic carbocycles. The Labute approximate surface area is 163 Å². The van der Waals surface area contributed by atoms with Gasteiger partial charge in [-0.3, -0.25) is 9.78 Å². The summed E-state index contributed by atoms with van der Waals surface area (Å²) in [6.07, 6.45) is 10.5. The Balaban J connectivity index is 1.46. The van der Waals surface area contributed by atoms with Gasteiger partial charge in [0.2, 0.25) is 5.91 Å². The van der Waals surface area contributed by atoms with Gasteiger partial charge in [0.05, 0.1) is 37.1 Å². The molecule has 0 fully saturated rings. The zero-order valence-corrected chi connectivity index (χ0v) is 15.9. The third-order valence-corrected chi connectivity index (χ3v) is 4.93. The second kappa shape index (κ2) is 7.68. The lowest BCUT2D eigenvalue weighted by atomic mass is 10.1. The minimum atomic E-state index is -0.128. The van der Waals surface area contributed by atoms with Gasteiger partial charge in [0.15, 0.2) is 0 Å². The number of hydrogen-bond acceptors (Lipinski definition) is 4. The van der Waals surface area contributed by atoms with E-state index in [0.717, 1.165) is 24.2 Å². The highest BCUT2D eigenvalue weighted by Gasteiger charge is 2.22. The van der Waals surface area contributed by atoms with Crippen molar-refractivity contribution in [2.75, 3.05) is 7.11 Å². The number of aromatic nitrogens is 3. The van der Waals surface area contributed by atoms with E-state index in [1.165, 1.54) is 17.2 Å². The van der Waals surface area contributed by atoms with Gasteiger partial charge in [0.1, 0.15) is 11.4 Å². The fourth-order valence-electron chi connectivity index (χ4n) is 3.53. The molecule has 0 radical (unpaired) electrons. The number of benzene rings is 1. The van der Waals surface area contributed by atoms with Gasteiger partial charge in [-0.25, -0.2) is 4.98 Å². The number of aryl methyl sites for hydroxylation is 2. The topological polar surface area (TPSA) is 69.0 Å². The minimum absolute atomic E-state index is 0.0719. The van der Waals surface area contributed by atoms with Crippen molar-refractivity contribution in [2.24, 2.45) is 0 Å². The Morgan fingerprint density at radius 2 is 2.18 bits per heavy atom. The largest absolute Gasteiger partial charge is 0.494 e. The summed E-state index contributed by atoms with van der Waals surface area (Å²) in [7, 11) is 1.61. The number of hydrogen-bond donors (Lipinski definition) is 1. The number of amides is 1.